The molecule has 0 fully saturated rings. The predicted octanol–water partition coefficient (Wildman–Crippen LogP) is 3.93. The van der Waals surface area contributed by atoms with E-state index in [2.05, 4.69) is 18.8 Å². The molecule has 3 heteroatoms. The molecule has 0 bridgehead atoms. The summed E-state index contributed by atoms with van der Waals surface area (Å²) in [4.78, 5) is 16.2. The topological polar surface area (TPSA) is 42.6 Å². The molecule has 0 N–H and O–H groups in total. The molecule has 2 heterocycles. The fraction of sp³-hybridized carbons (Fsp3) is 0.375. The molecule has 3 nitrogen and oxygen atoms in total. The first-order valence-electron chi connectivity index (χ1n) is 6.60. The molecule has 0 radical (unpaired) electrons. The minimum Gasteiger partial charge on any atom is -0.422 e. The van der Waals surface area contributed by atoms with Gasteiger partial charge in [0.25, 0.3) is 0 Å². The lowest BCUT2D eigenvalue weighted by atomic mass is 9.87. The first-order chi connectivity index (χ1) is 9.00. The van der Waals surface area contributed by atoms with Crippen LogP contribution >= 0.6 is 0 Å². The number of hydrogen-bond donors (Lipinski definition) is 0. The van der Waals surface area contributed by atoms with Gasteiger partial charge in [0.15, 0.2) is 0 Å². The van der Waals surface area contributed by atoms with Crippen molar-refractivity contribution < 1.29 is 4.42 Å². The quantitative estimate of drug-likeness (QED) is 0.669. The van der Waals surface area contributed by atoms with Crippen molar-refractivity contribution in [2.24, 2.45) is 4.99 Å². The highest BCUT2D eigenvalue weighted by atomic mass is 16.4. The standard InChI is InChI=1S/C16H17NO2/c1-8-5-6-17-12-7-13-15(11(4)14(8)12)9(2)10(3)16(18)19-13/h6-8H,5H2,1-4H3. The van der Waals surface area contributed by atoms with Gasteiger partial charge in [-0.1, -0.05) is 6.92 Å². The summed E-state index contributed by atoms with van der Waals surface area (Å²) in [7, 11) is 0. The fourth-order valence-electron chi connectivity index (χ4n) is 3.01. The molecule has 0 saturated carbocycles. The molecule has 98 valence electrons. The minimum atomic E-state index is -0.253. The fourth-order valence-corrected chi connectivity index (χ4v) is 3.01. The molecule has 0 aliphatic carbocycles. The van der Waals surface area contributed by atoms with Gasteiger partial charge in [0, 0.05) is 23.2 Å². The predicted molar refractivity (Wildman–Crippen MR) is 77.9 cm³/mol. The second kappa shape index (κ2) is 4.05. The van der Waals surface area contributed by atoms with Gasteiger partial charge in [0.05, 0.1) is 5.69 Å². The van der Waals surface area contributed by atoms with E-state index < -0.39 is 0 Å². The van der Waals surface area contributed by atoms with Gasteiger partial charge in [-0.25, -0.2) is 4.79 Å². The lowest BCUT2D eigenvalue weighted by Gasteiger charge is -2.21. The molecule has 1 aromatic carbocycles. The Morgan fingerprint density at radius 3 is 2.68 bits per heavy atom. The number of fused-ring (bicyclic) bond motifs is 2. The zero-order valence-electron chi connectivity index (χ0n) is 11.7. The summed E-state index contributed by atoms with van der Waals surface area (Å²) in [5.41, 5.74) is 5.53. The highest BCUT2D eigenvalue weighted by molar-refractivity contribution is 5.90. The van der Waals surface area contributed by atoms with Crippen molar-refractivity contribution in [1.82, 2.24) is 0 Å². The number of aliphatic imine (C=N–C) groups is 1. The zero-order chi connectivity index (χ0) is 13.7. The van der Waals surface area contributed by atoms with E-state index in [1.54, 1.807) is 0 Å². The third-order valence-electron chi connectivity index (χ3n) is 4.20. The van der Waals surface area contributed by atoms with E-state index in [1.165, 1.54) is 11.1 Å². The van der Waals surface area contributed by atoms with Crippen LogP contribution in [0.5, 0.6) is 0 Å². The van der Waals surface area contributed by atoms with Crippen LogP contribution in [0.15, 0.2) is 20.3 Å². The van der Waals surface area contributed by atoms with E-state index in [9.17, 15) is 4.79 Å². The minimum absolute atomic E-state index is 0.253. The highest BCUT2D eigenvalue weighted by Crippen LogP contribution is 2.39. The van der Waals surface area contributed by atoms with Crippen LogP contribution in [0.1, 0.15) is 41.5 Å². The first kappa shape index (κ1) is 12.2. The van der Waals surface area contributed by atoms with Gasteiger partial charge in [-0.05, 0) is 49.8 Å². The van der Waals surface area contributed by atoms with Crippen molar-refractivity contribution in [2.75, 3.05) is 0 Å². The van der Waals surface area contributed by atoms with Gasteiger partial charge in [-0.15, -0.1) is 0 Å². The zero-order valence-corrected chi connectivity index (χ0v) is 11.7. The second-order valence-electron chi connectivity index (χ2n) is 5.40. The molecular formula is C16H17NO2. The van der Waals surface area contributed by atoms with Crippen molar-refractivity contribution >= 4 is 22.9 Å². The van der Waals surface area contributed by atoms with Gasteiger partial charge in [0.1, 0.15) is 5.58 Å². The molecule has 3 rings (SSSR count). The third kappa shape index (κ3) is 1.65. The summed E-state index contributed by atoms with van der Waals surface area (Å²) < 4.78 is 5.43. The lowest BCUT2D eigenvalue weighted by molar-refractivity contribution is 0.553. The number of aryl methyl sites for hydroxylation is 2. The molecule has 0 amide bonds. The van der Waals surface area contributed by atoms with Crippen molar-refractivity contribution in [1.29, 1.82) is 0 Å². The van der Waals surface area contributed by atoms with E-state index in [0.717, 1.165) is 23.1 Å². The Hall–Kier alpha value is -1.90. The maximum Gasteiger partial charge on any atom is 0.339 e. The molecular weight excluding hydrogens is 238 g/mol. The SMILES string of the molecule is Cc1c(C)c2c(C)c3c(cc2oc1=O)N=CCC3C. The molecule has 1 aliphatic heterocycles. The van der Waals surface area contributed by atoms with Gasteiger partial charge < -0.3 is 4.42 Å². The highest BCUT2D eigenvalue weighted by Gasteiger charge is 2.21. The normalized spacial score (nSPS) is 17.8. The maximum atomic E-state index is 11.8. The molecule has 0 saturated heterocycles. The van der Waals surface area contributed by atoms with Crippen molar-refractivity contribution in [3.8, 4) is 0 Å². The molecule has 1 atom stereocenters. The van der Waals surface area contributed by atoms with Crippen molar-refractivity contribution in [2.45, 2.75) is 40.0 Å². The molecule has 1 aromatic heterocycles. The Kier molecular flexibility index (Phi) is 2.59. The number of hydrogen-bond acceptors (Lipinski definition) is 3. The van der Waals surface area contributed by atoms with Crippen LogP contribution < -0.4 is 5.63 Å². The third-order valence-corrected chi connectivity index (χ3v) is 4.20. The van der Waals surface area contributed by atoms with Crippen molar-refractivity contribution in [3.63, 3.8) is 0 Å². The van der Waals surface area contributed by atoms with Crippen LogP contribution in [-0.4, -0.2) is 6.21 Å². The van der Waals surface area contributed by atoms with E-state index >= 15 is 0 Å². The Morgan fingerprint density at radius 1 is 1.21 bits per heavy atom. The summed E-state index contributed by atoms with van der Waals surface area (Å²) in [6.07, 6.45) is 2.91. The Bertz CT molecular complexity index is 769. The van der Waals surface area contributed by atoms with Crippen LogP contribution in [0.2, 0.25) is 0 Å². The summed E-state index contributed by atoms with van der Waals surface area (Å²) in [6, 6.07) is 1.90. The van der Waals surface area contributed by atoms with Gasteiger partial charge in [-0.3, -0.25) is 4.99 Å². The van der Waals surface area contributed by atoms with Gasteiger partial charge in [-0.2, -0.15) is 0 Å². The molecule has 0 spiro atoms. The van der Waals surface area contributed by atoms with E-state index in [4.69, 9.17) is 4.42 Å². The summed E-state index contributed by atoms with van der Waals surface area (Å²) in [5.74, 6) is 0.462. The van der Waals surface area contributed by atoms with Crippen molar-refractivity contribution in [3.05, 3.63) is 38.7 Å². The number of nitrogens with zero attached hydrogens (tertiary/aromatic N) is 1. The summed E-state index contributed by atoms with van der Waals surface area (Å²) >= 11 is 0. The second-order valence-corrected chi connectivity index (χ2v) is 5.40. The largest absolute Gasteiger partial charge is 0.422 e. The average Bonchev–Trinajstić information content (AvgIpc) is 2.35. The number of rotatable bonds is 0. The first-order valence-corrected chi connectivity index (χ1v) is 6.60. The monoisotopic (exact) mass is 255 g/mol. The number of benzene rings is 1. The van der Waals surface area contributed by atoms with E-state index in [1.807, 2.05) is 26.1 Å². The Balaban J connectivity index is 2.51. The Morgan fingerprint density at radius 2 is 1.95 bits per heavy atom. The van der Waals surface area contributed by atoms with Crippen LogP contribution in [0, 0.1) is 20.8 Å². The van der Waals surface area contributed by atoms with Crippen LogP contribution in [-0.2, 0) is 0 Å². The van der Waals surface area contributed by atoms with Crippen LogP contribution in [0.25, 0.3) is 11.0 Å². The van der Waals surface area contributed by atoms with Crippen LogP contribution in [0.3, 0.4) is 0 Å². The lowest BCUT2D eigenvalue weighted by Crippen LogP contribution is -2.09. The van der Waals surface area contributed by atoms with E-state index in [-0.39, 0.29) is 5.63 Å². The summed E-state index contributed by atoms with van der Waals surface area (Å²) in [5, 5.41) is 1.07. The molecule has 19 heavy (non-hydrogen) atoms. The summed E-state index contributed by atoms with van der Waals surface area (Å²) in [6.45, 7) is 8.13. The average molecular weight is 255 g/mol. The van der Waals surface area contributed by atoms with E-state index in [0.29, 0.717) is 17.1 Å². The maximum absolute atomic E-state index is 11.8. The van der Waals surface area contributed by atoms with Crippen LogP contribution in [0.4, 0.5) is 5.69 Å². The molecule has 2 aromatic rings. The molecule has 1 unspecified atom stereocenters. The van der Waals surface area contributed by atoms with Gasteiger partial charge >= 0.3 is 5.63 Å². The Labute approximate surface area is 112 Å². The van der Waals surface area contributed by atoms with Gasteiger partial charge in [0.2, 0.25) is 0 Å². The molecule has 1 aliphatic rings. The smallest absolute Gasteiger partial charge is 0.339 e.